The molecule has 1 heterocycles. The summed E-state index contributed by atoms with van der Waals surface area (Å²) in [6.07, 6.45) is 1.22. The summed E-state index contributed by atoms with van der Waals surface area (Å²) in [5.74, 6) is -1.11. The molecule has 2 rings (SSSR count). The second kappa shape index (κ2) is 3.61. The summed E-state index contributed by atoms with van der Waals surface area (Å²) in [4.78, 5) is 11.9. The van der Waals surface area contributed by atoms with Crippen LogP contribution in [0.4, 0.5) is 0 Å². The molecule has 1 aliphatic rings. The highest BCUT2D eigenvalue weighted by Crippen LogP contribution is 2.54. The smallest absolute Gasteiger partial charge is 0.333 e. The largest absolute Gasteiger partial charge is 0.479 e. The Labute approximate surface area is 92.4 Å². The molecule has 1 unspecified atom stereocenters. The summed E-state index contributed by atoms with van der Waals surface area (Å²) in [7, 11) is 0. The van der Waals surface area contributed by atoms with Crippen LogP contribution in [0, 0.1) is 0 Å². The molecule has 2 N–H and O–H groups in total. The first-order valence-electron chi connectivity index (χ1n) is 5.09. The van der Waals surface area contributed by atoms with Gasteiger partial charge in [-0.3, -0.25) is 0 Å². The predicted molar refractivity (Wildman–Crippen MR) is 58.3 cm³/mol. The fraction of sp³-hybridized carbons (Fsp3) is 0.545. The molecular weight excluding hydrogens is 212 g/mol. The van der Waals surface area contributed by atoms with E-state index in [0.717, 1.165) is 24.1 Å². The fourth-order valence-corrected chi connectivity index (χ4v) is 3.33. The van der Waals surface area contributed by atoms with Crippen molar-refractivity contribution in [3.63, 3.8) is 0 Å². The monoisotopic (exact) mass is 226 g/mol. The predicted octanol–water partition coefficient (Wildman–Crippen LogP) is 1.79. The van der Waals surface area contributed by atoms with E-state index >= 15 is 0 Å². The molecule has 0 spiro atoms. The topological polar surface area (TPSA) is 57.5 Å². The number of aliphatic hydroxyl groups is 1. The molecule has 0 radical (unpaired) electrons. The number of thiophene rings is 1. The van der Waals surface area contributed by atoms with Crippen LogP contribution >= 0.6 is 11.3 Å². The highest BCUT2D eigenvalue weighted by atomic mass is 32.1. The normalized spacial score (nSPS) is 19.9. The molecule has 0 amide bonds. The third kappa shape index (κ3) is 1.58. The quantitative estimate of drug-likeness (QED) is 0.823. The van der Waals surface area contributed by atoms with Crippen molar-refractivity contribution in [2.24, 2.45) is 0 Å². The zero-order valence-corrected chi connectivity index (χ0v) is 9.38. The lowest BCUT2D eigenvalue weighted by atomic mass is 9.93. The Hall–Kier alpha value is -0.870. The standard InChI is InChI=1S/C11H14O3S/c1-2-7-3-6-15-9(7)11(4-5-11)8(12)10(13)14/h3,6,8,12H,2,4-5H2,1H3,(H,13,14). The number of rotatable bonds is 4. The summed E-state index contributed by atoms with van der Waals surface area (Å²) in [6.45, 7) is 2.05. The number of hydrogen-bond acceptors (Lipinski definition) is 3. The van der Waals surface area contributed by atoms with E-state index in [4.69, 9.17) is 5.11 Å². The highest BCUT2D eigenvalue weighted by Gasteiger charge is 2.55. The van der Waals surface area contributed by atoms with E-state index in [0.29, 0.717) is 0 Å². The molecular formula is C11H14O3S. The third-order valence-corrected chi connectivity index (χ3v) is 4.30. The molecule has 0 bridgehead atoms. The molecule has 3 nitrogen and oxygen atoms in total. The van der Waals surface area contributed by atoms with Crippen LogP contribution in [-0.4, -0.2) is 22.3 Å². The Bertz CT molecular complexity index is 379. The Morgan fingerprint density at radius 1 is 1.67 bits per heavy atom. The van der Waals surface area contributed by atoms with Crippen molar-refractivity contribution >= 4 is 17.3 Å². The number of aryl methyl sites for hydroxylation is 1. The molecule has 4 heteroatoms. The van der Waals surface area contributed by atoms with Gasteiger partial charge in [-0.05, 0) is 36.3 Å². The maximum atomic E-state index is 10.8. The van der Waals surface area contributed by atoms with E-state index in [-0.39, 0.29) is 0 Å². The molecule has 1 aliphatic carbocycles. The zero-order valence-electron chi connectivity index (χ0n) is 8.56. The lowest BCUT2D eigenvalue weighted by Gasteiger charge is -2.18. The minimum Gasteiger partial charge on any atom is -0.479 e. The van der Waals surface area contributed by atoms with Crippen molar-refractivity contribution in [3.05, 3.63) is 21.9 Å². The van der Waals surface area contributed by atoms with E-state index in [1.165, 1.54) is 5.56 Å². The van der Waals surface area contributed by atoms with Gasteiger partial charge in [-0.25, -0.2) is 4.79 Å². The molecule has 1 fully saturated rings. The average Bonchev–Trinajstić information content (AvgIpc) is 2.88. The van der Waals surface area contributed by atoms with Crippen LogP contribution in [0.25, 0.3) is 0 Å². The van der Waals surface area contributed by atoms with Gasteiger partial charge in [0.1, 0.15) is 0 Å². The molecule has 15 heavy (non-hydrogen) atoms. The third-order valence-electron chi connectivity index (χ3n) is 3.13. The van der Waals surface area contributed by atoms with Crippen LogP contribution in [0.3, 0.4) is 0 Å². The van der Waals surface area contributed by atoms with Crippen molar-refractivity contribution in [1.82, 2.24) is 0 Å². The highest BCUT2D eigenvalue weighted by molar-refractivity contribution is 7.10. The van der Waals surface area contributed by atoms with Crippen LogP contribution in [0.15, 0.2) is 11.4 Å². The second-order valence-corrected chi connectivity index (χ2v) is 4.94. The van der Waals surface area contributed by atoms with Crippen molar-refractivity contribution in [3.8, 4) is 0 Å². The summed E-state index contributed by atoms with van der Waals surface area (Å²) in [6, 6.07) is 2.02. The van der Waals surface area contributed by atoms with Gasteiger partial charge in [-0.2, -0.15) is 0 Å². The lowest BCUT2D eigenvalue weighted by molar-refractivity contribution is -0.148. The van der Waals surface area contributed by atoms with Gasteiger partial charge in [-0.15, -0.1) is 11.3 Å². The van der Waals surface area contributed by atoms with Gasteiger partial charge >= 0.3 is 5.97 Å². The minimum absolute atomic E-state index is 0.481. The Morgan fingerprint density at radius 2 is 2.33 bits per heavy atom. The summed E-state index contributed by atoms with van der Waals surface area (Å²) in [5, 5.41) is 20.6. The minimum atomic E-state index is -1.25. The molecule has 0 aliphatic heterocycles. The lowest BCUT2D eigenvalue weighted by Crippen LogP contribution is -2.33. The van der Waals surface area contributed by atoms with Crippen molar-refractivity contribution in [1.29, 1.82) is 0 Å². The van der Waals surface area contributed by atoms with Gasteiger partial charge in [-0.1, -0.05) is 6.92 Å². The van der Waals surface area contributed by atoms with Gasteiger partial charge in [0, 0.05) is 10.3 Å². The first kappa shape index (κ1) is 10.6. The van der Waals surface area contributed by atoms with E-state index in [9.17, 15) is 9.90 Å². The molecule has 1 aromatic heterocycles. The van der Waals surface area contributed by atoms with Crippen LogP contribution in [0.1, 0.15) is 30.2 Å². The first-order chi connectivity index (χ1) is 7.12. The number of carbonyl (C=O) groups is 1. The van der Waals surface area contributed by atoms with Crippen LogP contribution in [0.5, 0.6) is 0 Å². The van der Waals surface area contributed by atoms with Crippen LogP contribution in [0.2, 0.25) is 0 Å². The SMILES string of the molecule is CCc1ccsc1C1(C(O)C(=O)O)CC1. The zero-order chi connectivity index (χ0) is 11.1. The molecule has 1 atom stereocenters. The summed E-state index contributed by atoms with van der Waals surface area (Å²) < 4.78 is 0. The van der Waals surface area contributed by atoms with Crippen LogP contribution in [-0.2, 0) is 16.6 Å². The summed E-state index contributed by atoms with van der Waals surface area (Å²) in [5.41, 5.74) is 0.698. The Kier molecular flexibility index (Phi) is 2.56. The van der Waals surface area contributed by atoms with E-state index < -0.39 is 17.5 Å². The molecule has 0 saturated heterocycles. The van der Waals surface area contributed by atoms with Crippen LogP contribution < -0.4 is 0 Å². The molecule has 1 aromatic rings. The number of aliphatic carboxylic acids is 1. The van der Waals surface area contributed by atoms with Gasteiger partial charge < -0.3 is 10.2 Å². The fourth-order valence-electron chi connectivity index (χ4n) is 2.05. The van der Waals surface area contributed by atoms with Gasteiger partial charge in [0.25, 0.3) is 0 Å². The second-order valence-electron chi connectivity index (χ2n) is 4.03. The van der Waals surface area contributed by atoms with Crippen molar-refractivity contribution in [2.75, 3.05) is 0 Å². The Balaban J connectivity index is 2.34. The maximum absolute atomic E-state index is 10.8. The number of carboxylic acid groups (broad SMARTS) is 1. The van der Waals surface area contributed by atoms with Crippen molar-refractivity contribution < 1.29 is 15.0 Å². The number of aliphatic hydroxyl groups excluding tert-OH is 1. The Morgan fingerprint density at radius 3 is 2.80 bits per heavy atom. The van der Waals surface area contributed by atoms with E-state index in [2.05, 4.69) is 6.92 Å². The van der Waals surface area contributed by atoms with Crippen molar-refractivity contribution in [2.45, 2.75) is 37.7 Å². The maximum Gasteiger partial charge on any atom is 0.333 e. The molecule has 0 aromatic carbocycles. The molecule has 82 valence electrons. The van der Waals surface area contributed by atoms with Gasteiger partial charge in [0.05, 0.1) is 0 Å². The van der Waals surface area contributed by atoms with E-state index in [1.54, 1.807) is 11.3 Å². The van der Waals surface area contributed by atoms with Gasteiger partial charge in [0.2, 0.25) is 0 Å². The average molecular weight is 226 g/mol. The number of carboxylic acids is 1. The summed E-state index contributed by atoms with van der Waals surface area (Å²) >= 11 is 1.57. The van der Waals surface area contributed by atoms with E-state index in [1.807, 2.05) is 11.4 Å². The molecule has 1 saturated carbocycles. The number of hydrogen-bond donors (Lipinski definition) is 2. The first-order valence-corrected chi connectivity index (χ1v) is 5.97. The van der Waals surface area contributed by atoms with Gasteiger partial charge in [0.15, 0.2) is 6.10 Å².